The highest BCUT2D eigenvalue weighted by molar-refractivity contribution is 6.38. The van der Waals surface area contributed by atoms with E-state index in [2.05, 4.69) is 10.5 Å². The fraction of sp³-hybridized carbons (Fsp3) is 0.176. The van der Waals surface area contributed by atoms with E-state index in [1.165, 1.54) is 11.0 Å². The van der Waals surface area contributed by atoms with Crippen molar-refractivity contribution in [2.24, 2.45) is 16.9 Å². The van der Waals surface area contributed by atoms with Gasteiger partial charge in [-0.15, -0.1) is 0 Å². The monoisotopic (exact) mass is 609 g/mol. The number of nitrogens with one attached hydrogen (secondary N) is 1. The van der Waals surface area contributed by atoms with Crippen molar-refractivity contribution < 1.29 is 19.1 Å². The summed E-state index contributed by atoms with van der Waals surface area (Å²) < 4.78 is 5.20. The molecule has 3 amide bonds. The summed E-state index contributed by atoms with van der Waals surface area (Å²) in [5.41, 5.74) is 6.34. The van der Waals surface area contributed by atoms with E-state index < -0.39 is 17.3 Å². The zero-order valence-corrected chi connectivity index (χ0v) is 24.5. The SMILES string of the molecule is COc1ccc(CC(=O)N/N=C\C23c4ccccc4C(c4ccccc42)[C@@H]2C(=O)N(c4ccc(Cl)cc4Cl)C(=O)[C@H]23)cc1. The van der Waals surface area contributed by atoms with Crippen molar-refractivity contribution in [1.82, 2.24) is 5.43 Å². The molecule has 4 aromatic carbocycles. The standard InChI is InChI=1S/C34H25Cl2N3O4/c1-43-21-13-10-19(11-14-21)16-28(40)38-37-18-34-24-8-4-2-6-22(24)29(23-7-3-5-9-25(23)34)30-31(34)33(42)39(32(30)41)27-15-12-20(35)17-26(27)36/h2-15,17-18,29-31H,16H2,1H3,(H,38,40)/b37-18-/t29?,30-,31-,34?/m0/s1. The second-order valence-corrected chi connectivity index (χ2v) is 11.8. The van der Waals surface area contributed by atoms with E-state index >= 15 is 0 Å². The Kier molecular flexibility index (Phi) is 6.60. The lowest BCUT2D eigenvalue weighted by Gasteiger charge is -2.52. The lowest BCUT2D eigenvalue weighted by Crippen LogP contribution is -2.54. The van der Waals surface area contributed by atoms with E-state index in [0.29, 0.717) is 16.5 Å². The Morgan fingerprint density at radius 3 is 2.21 bits per heavy atom. The summed E-state index contributed by atoms with van der Waals surface area (Å²) in [6.07, 6.45) is 1.75. The van der Waals surface area contributed by atoms with E-state index in [1.807, 2.05) is 60.7 Å². The Labute approximate surface area is 258 Å². The van der Waals surface area contributed by atoms with Gasteiger partial charge < -0.3 is 4.74 Å². The molecule has 214 valence electrons. The number of carbonyl (C=O) groups is 3. The highest BCUT2D eigenvalue weighted by Crippen LogP contribution is 2.63. The summed E-state index contributed by atoms with van der Waals surface area (Å²) in [5, 5.41) is 5.08. The van der Waals surface area contributed by atoms with Gasteiger partial charge in [0.05, 0.1) is 41.5 Å². The number of halogens is 2. The van der Waals surface area contributed by atoms with Crippen molar-refractivity contribution in [1.29, 1.82) is 0 Å². The molecule has 1 N–H and O–H groups in total. The minimum absolute atomic E-state index is 0.107. The van der Waals surface area contributed by atoms with Crippen LogP contribution in [0.3, 0.4) is 0 Å². The van der Waals surface area contributed by atoms with Crippen LogP contribution in [0.4, 0.5) is 5.69 Å². The van der Waals surface area contributed by atoms with E-state index in [0.717, 1.165) is 27.8 Å². The molecule has 2 atom stereocenters. The summed E-state index contributed by atoms with van der Waals surface area (Å²) in [7, 11) is 1.58. The van der Waals surface area contributed by atoms with Crippen molar-refractivity contribution in [3.63, 3.8) is 0 Å². The van der Waals surface area contributed by atoms with E-state index in [-0.39, 0.29) is 35.1 Å². The van der Waals surface area contributed by atoms with Gasteiger partial charge in [0.1, 0.15) is 5.75 Å². The summed E-state index contributed by atoms with van der Waals surface area (Å²) in [5.74, 6) is -2.13. The van der Waals surface area contributed by atoms with Crippen LogP contribution in [0.15, 0.2) is 96.1 Å². The molecule has 4 aromatic rings. The summed E-state index contributed by atoms with van der Waals surface area (Å²) in [6, 6.07) is 27.6. The second-order valence-electron chi connectivity index (χ2n) is 11.0. The van der Waals surface area contributed by atoms with Crippen molar-refractivity contribution in [2.75, 3.05) is 12.0 Å². The van der Waals surface area contributed by atoms with Crippen LogP contribution in [0.25, 0.3) is 0 Å². The molecule has 0 spiro atoms. The number of hydrogen-bond donors (Lipinski definition) is 1. The number of rotatable bonds is 6. The number of methoxy groups -OCH3 is 1. The van der Waals surface area contributed by atoms with Crippen LogP contribution in [-0.2, 0) is 26.2 Å². The highest BCUT2D eigenvalue weighted by atomic mass is 35.5. The Morgan fingerprint density at radius 2 is 1.58 bits per heavy atom. The Morgan fingerprint density at radius 1 is 0.930 bits per heavy atom. The maximum absolute atomic E-state index is 14.4. The second kappa shape index (κ2) is 10.4. The summed E-state index contributed by atoms with van der Waals surface area (Å²) in [6.45, 7) is 0. The lowest BCUT2D eigenvalue weighted by molar-refractivity contribution is -0.123. The van der Waals surface area contributed by atoms with Crippen molar-refractivity contribution >= 4 is 52.8 Å². The molecule has 9 heteroatoms. The first-order valence-corrected chi connectivity index (χ1v) is 14.6. The normalized spacial score (nSPS) is 23.2. The predicted octanol–water partition coefficient (Wildman–Crippen LogP) is 5.90. The number of hydrazone groups is 1. The molecule has 2 bridgehead atoms. The van der Waals surface area contributed by atoms with Gasteiger partial charge in [-0.2, -0.15) is 5.10 Å². The Balaban J connectivity index is 1.33. The molecule has 0 saturated carbocycles. The molecule has 7 nitrogen and oxygen atoms in total. The Hall–Kier alpha value is -4.46. The van der Waals surface area contributed by atoms with E-state index in [1.54, 1.807) is 37.6 Å². The van der Waals surface area contributed by atoms with Crippen LogP contribution in [0.5, 0.6) is 5.75 Å². The van der Waals surface area contributed by atoms with Crippen molar-refractivity contribution in [3.05, 3.63) is 129 Å². The number of nitrogens with zero attached hydrogens (tertiary/aromatic N) is 2. The predicted molar refractivity (Wildman–Crippen MR) is 165 cm³/mol. The molecule has 0 aromatic heterocycles. The number of amides is 3. The van der Waals surface area contributed by atoms with Crippen LogP contribution >= 0.6 is 23.2 Å². The minimum atomic E-state index is -1.11. The molecule has 0 radical (unpaired) electrons. The first kappa shape index (κ1) is 27.4. The molecule has 3 aliphatic carbocycles. The molecular weight excluding hydrogens is 585 g/mol. The molecule has 1 aliphatic heterocycles. The number of anilines is 1. The average molecular weight is 610 g/mol. The summed E-state index contributed by atoms with van der Waals surface area (Å²) >= 11 is 12.7. The van der Waals surface area contributed by atoms with Crippen molar-refractivity contribution in [2.45, 2.75) is 17.8 Å². The zero-order chi connectivity index (χ0) is 29.9. The third-order valence-electron chi connectivity index (χ3n) is 8.82. The molecule has 43 heavy (non-hydrogen) atoms. The van der Waals surface area contributed by atoms with Gasteiger partial charge in [-0.1, -0.05) is 83.9 Å². The van der Waals surface area contributed by atoms with Crippen LogP contribution in [-0.4, -0.2) is 31.0 Å². The third kappa shape index (κ3) is 4.10. The van der Waals surface area contributed by atoms with Gasteiger partial charge in [-0.3, -0.25) is 14.4 Å². The Bertz CT molecular complexity index is 1790. The number of benzene rings is 4. The first-order chi connectivity index (χ1) is 20.8. The van der Waals surface area contributed by atoms with Crippen LogP contribution < -0.4 is 15.1 Å². The smallest absolute Gasteiger partial charge is 0.244 e. The van der Waals surface area contributed by atoms with Gasteiger partial charge in [0.15, 0.2) is 0 Å². The van der Waals surface area contributed by atoms with E-state index in [4.69, 9.17) is 27.9 Å². The average Bonchev–Trinajstić information content (AvgIpc) is 3.28. The quantitative estimate of drug-likeness (QED) is 0.167. The van der Waals surface area contributed by atoms with Gasteiger partial charge in [0.2, 0.25) is 17.7 Å². The van der Waals surface area contributed by atoms with Gasteiger partial charge in [0, 0.05) is 17.2 Å². The maximum Gasteiger partial charge on any atom is 0.244 e. The number of ether oxygens (including phenoxy) is 1. The molecular formula is C34H25Cl2N3O4. The number of hydrogen-bond acceptors (Lipinski definition) is 5. The molecule has 0 unspecified atom stereocenters. The lowest BCUT2D eigenvalue weighted by atomic mass is 9.47. The fourth-order valence-corrected chi connectivity index (χ4v) is 7.62. The largest absolute Gasteiger partial charge is 0.497 e. The van der Waals surface area contributed by atoms with Gasteiger partial charge in [0.25, 0.3) is 0 Å². The van der Waals surface area contributed by atoms with Crippen LogP contribution in [0.2, 0.25) is 10.0 Å². The van der Waals surface area contributed by atoms with Crippen LogP contribution in [0.1, 0.15) is 33.7 Å². The fourth-order valence-electron chi connectivity index (χ4n) is 7.12. The van der Waals surface area contributed by atoms with Gasteiger partial charge >= 0.3 is 0 Å². The molecule has 8 rings (SSSR count). The minimum Gasteiger partial charge on any atom is -0.497 e. The zero-order valence-electron chi connectivity index (χ0n) is 23.0. The highest BCUT2D eigenvalue weighted by Gasteiger charge is 2.68. The number of carbonyl (C=O) groups excluding carboxylic acids is 3. The van der Waals surface area contributed by atoms with Gasteiger partial charge in [-0.25, -0.2) is 10.3 Å². The van der Waals surface area contributed by atoms with Gasteiger partial charge in [-0.05, 0) is 58.1 Å². The van der Waals surface area contributed by atoms with Crippen LogP contribution in [0, 0.1) is 11.8 Å². The maximum atomic E-state index is 14.4. The molecule has 1 heterocycles. The summed E-state index contributed by atoms with van der Waals surface area (Å²) in [4.78, 5) is 42.8. The number of imide groups is 1. The first-order valence-electron chi connectivity index (χ1n) is 13.8. The molecule has 4 aliphatic rings. The molecule has 1 saturated heterocycles. The van der Waals surface area contributed by atoms with E-state index in [9.17, 15) is 14.4 Å². The molecule has 1 fully saturated rings. The third-order valence-corrected chi connectivity index (χ3v) is 9.35. The topological polar surface area (TPSA) is 88.1 Å². The van der Waals surface area contributed by atoms with Crippen molar-refractivity contribution in [3.8, 4) is 5.75 Å².